The van der Waals surface area contributed by atoms with Crippen molar-refractivity contribution in [2.75, 3.05) is 6.54 Å². The van der Waals surface area contributed by atoms with Gasteiger partial charge in [0.1, 0.15) is 0 Å². The Morgan fingerprint density at radius 2 is 1.73 bits per heavy atom. The first-order chi connectivity index (χ1) is 15.8. The van der Waals surface area contributed by atoms with E-state index < -0.39 is 21.8 Å². The Kier molecular flexibility index (Phi) is 6.11. The van der Waals surface area contributed by atoms with E-state index in [1.165, 1.54) is 29.3 Å². The summed E-state index contributed by atoms with van der Waals surface area (Å²) in [7, 11) is 0. The zero-order valence-electron chi connectivity index (χ0n) is 17.5. The van der Waals surface area contributed by atoms with Crippen molar-refractivity contribution in [1.82, 2.24) is 10.3 Å². The molecule has 0 bridgehead atoms. The van der Waals surface area contributed by atoms with E-state index in [-0.39, 0.29) is 36.2 Å². The third kappa shape index (κ3) is 4.71. The Bertz CT molecular complexity index is 1140. The van der Waals surface area contributed by atoms with Crippen LogP contribution in [0.15, 0.2) is 53.6 Å². The molecule has 1 atom stereocenters. The van der Waals surface area contributed by atoms with Crippen molar-refractivity contribution in [2.45, 2.75) is 31.7 Å². The van der Waals surface area contributed by atoms with Gasteiger partial charge in [-0.3, -0.25) is 29.8 Å². The maximum Gasteiger partial charge on any atom is 0.269 e. The highest BCUT2D eigenvalue weighted by atomic mass is 16.6. The molecule has 4 rings (SSSR count). The third-order valence-corrected chi connectivity index (χ3v) is 5.93. The van der Waals surface area contributed by atoms with Gasteiger partial charge in [-0.05, 0) is 36.1 Å². The molecule has 2 amide bonds. The van der Waals surface area contributed by atoms with Gasteiger partial charge in [0, 0.05) is 36.6 Å². The molecule has 2 aliphatic rings. The van der Waals surface area contributed by atoms with E-state index in [1.54, 1.807) is 24.3 Å². The van der Waals surface area contributed by atoms with E-state index in [2.05, 4.69) is 10.4 Å². The highest BCUT2D eigenvalue weighted by Crippen LogP contribution is 2.34. The average Bonchev–Trinajstić information content (AvgIpc) is 3.22. The van der Waals surface area contributed by atoms with Crippen LogP contribution in [-0.2, 0) is 9.59 Å². The fraction of sp³-hybridized carbons (Fsp3) is 0.318. The first-order valence-electron chi connectivity index (χ1n) is 10.5. The molecule has 170 valence electrons. The number of amides is 2. The van der Waals surface area contributed by atoms with Crippen LogP contribution in [0.5, 0.6) is 0 Å². The quantitative estimate of drug-likeness (QED) is 0.505. The normalized spacial score (nSPS) is 17.8. The zero-order chi connectivity index (χ0) is 23.5. The van der Waals surface area contributed by atoms with Crippen LogP contribution in [0, 0.1) is 26.1 Å². The summed E-state index contributed by atoms with van der Waals surface area (Å²) in [5, 5.41) is 30.5. The summed E-state index contributed by atoms with van der Waals surface area (Å²) in [4.78, 5) is 46.3. The van der Waals surface area contributed by atoms with E-state index in [4.69, 9.17) is 0 Å². The van der Waals surface area contributed by atoms with Crippen LogP contribution < -0.4 is 5.32 Å². The Labute approximate surface area is 188 Å². The second-order valence-electron chi connectivity index (χ2n) is 8.01. The number of rotatable bonds is 7. The number of benzene rings is 2. The van der Waals surface area contributed by atoms with E-state index >= 15 is 0 Å². The molecule has 1 aliphatic heterocycles. The summed E-state index contributed by atoms with van der Waals surface area (Å²) in [5.41, 5.74) is 1.47. The van der Waals surface area contributed by atoms with Gasteiger partial charge in [-0.25, -0.2) is 5.01 Å². The van der Waals surface area contributed by atoms with E-state index in [1.807, 2.05) is 0 Å². The van der Waals surface area contributed by atoms with Gasteiger partial charge in [0.05, 0.1) is 28.1 Å². The lowest BCUT2D eigenvalue weighted by Gasteiger charge is -2.25. The zero-order valence-corrected chi connectivity index (χ0v) is 17.5. The molecule has 1 heterocycles. The first kappa shape index (κ1) is 22.1. The topological polar surface area (TPSA) is 148 Å². The van der Waals surface area contributed by atoms with Gasteiger partial charge < -0.3 is 5.32 Å². The predicted octanol–water partition coefficient (Wildman–Crippen LogP) is 3.10. The number of nitrogens with one attached hydrogen (secondary N) is 1. The number of nitrogens with zero attached hydrogens (tertiary/aromatic N) is 4. The molecular weight excluding hydrogens is 430 g/mol. The van der Waals surface area contributed by atoms with Gasteiger partial charge in [0.15, 0.2) is 0 Å². The van der Waals surface area contributed by atoms with Crippen molar-refractivity contribution < 1.29 is 19.4 Å². The van der Waals surface area contributed by atoms with Crippen LogP contribution in [0.3, 0.4) is 0 Å². The lowest BCUT2D eigenvalue weighted by molar-refractivity contribution is -0.385. The first-order valence-corrected chi connectivity index (χ1v) is 10.5. The number of carbonyl (C=O) groups is 2. The summed E-state index contributed by atoms with van der Waals surface area (Å²) in [6.07, 6.45) is 2.88. The molecule has 0 saturated heterocycles. The minimum absolute atomic E-state index is 0.0666. The number of hydrogen-bond acceptors (Lipinski definition) is 7. The van der Waals surface area contributed by atoms with Crippen molar-refractivity contribution in [2.24, 2.45) is 11.0 Å². The molecule has 0 spiro atoms. The van der Waals surface area contributed by atoms with E-state index in [0.717, 1.165) is 19.3 Å². The molecule has 11 nitrogen and oxygen atoms in total. The third-order valence-electron chi connectivity index (χ3n) is 5.93. The monoisotopic (exact) mass is 451 g/mol. The molecule has 11 heteroatoms. The van der Waals surface area contributed by atoms with Crippen LogP contribution in [0.2, 0.25) is 0 Å². The molecule has 1 fully saturated rings. The van der Waals surface area contributed by atoms with Gasteiger partial charge in [-0.2, -0.15) is 5.10 Å². The second kappa shape index (κ2) is 9.15. The molecule has 1 saturated carbocycles. The summed E-state index contributed by atoms with van der Waals surface area (Å²) < 4.78 is 0. The van der Waals surface area contributed by atoms with E-state index in [0.29, 0.717) is 16.8 Å². The number of nitro groups is 2. The SMILES string of the molecule is O=C(NCC(=O)N1N=C(c2ccc([N+](=O)[O-])cc2)C[C@@H]1c1cccc([N+](=O)[O-])c1)C1CCC1. The smallest absolute Gasteiger partial charge is 0.269 e. The van der Waals surface area contributed by atoms with Gasteiger partial charge in [-0.1, -0.05) is 18.6 Å². The molecule has 33 heavy (non-hydrogen) atoms. The maximum atomic E-state index is 13.0. The minimum Gasteiger partial charge on any atom is -0.347 e. The van der Waals surface area contributed by atoms with Gasteiger partial charge in [0.25, 0.3) is 17.3 Å². The Morgan fingerprint density at radius 1 is 1.03 bits per heavy atom. The number of nitro benzene ring substituents is 2. The average molecular weight is 451 g/mol. The Hall–Kier alpha value is -4.15. The predicted molar refractivity (Wildman–Crippen MR) is 117 cm³/mol. The lowest BCUT2D eigenvalue weighted by Crippen LogP contribution is -2.41. The van der Waals surface area contributed by atoms with Gasteiger partial charge in [0.2, 0.25) is 5.91 Å². The lowest BCUT2D eigenvalue weighted by atomic mass is 9.85. The van der Waals surface area contributed by atoms with Crippen molar-refractivity contribution in [3.05, 3.63) is 79.9 Å². The van der Waals surface area contributed by atoms with Crippen LogP contribution in [0.4, 0.5) is 11.4 Å². The fourth-order valence-electron chi connectivity index (χ4n) is 3.85. The number of hydrazone groups is 1. The molecule has 2 aromatic rings. The molecule has 1 aliphatic carbocycles. The van der Waals surface area contributed by atoms with Gasteiger partial charge >= 0.3 is 0 Å². The summed E-state index contributed by atoms with van der Waals surface area (Å²) in [6, 6.07) is 11.2. The van der Waals surface area contributed by atoms with Crippen LogP contribution >= 0.6 is 0 Å². The van der Waals surface area contributed by atoms with Crippen LogP contribution in [-0.4, -0.2) is 38.9 Å². The molecule has 2 aromatic carbocycles. The number of hydrogen-bond donors (Lipinski definition) is 1. The van der Waals surface area contributed by atoms with Crippen molar-refractivity contribution in [3.8, 4) is 0 Å². The fourth-order valence-corrected chi connectivity index (χ4v) is 3.85. The second-order valence-corrected chi connectivity index (χ2v) is 8.01. The molecular formula is C22H21N5O6. The largest absolute Gasteiger partial charge is 0.347 e. The minimum atomic E-state index is -0.608. The van der Waals surface area contributed by atoms with Crippen molar-refractivity contribution in [1.29, 1.82) is 0 Å². The molecule has 0 radical (unpaired) electrons. The summed E-state index contributed by atoms with van der Waals surface area (Å²) >= 11 is 0. The van der Waals surface area contributed by atoms with Gasteiger partial charge in [-0.15, -0.1) is 0 Å². The summed E-state index contributed by atoms with van der Waals surface area (Å²) in [5.74, 6) is -0.681. The molecule has 0 unspecified atom stereocenters. The van der Waals surface area contributed by atoms with Crippen molar-refractivity contribution >= 4 is 28.9 Å². The standard InChI is InChI=1S/C22H21N5O6/c28-21(13-23-22(29)15-3-1-4-15)25-20(16-5-2-6-18(11-16)27(32)33)12-19(24-25)14-7-9-17(10-8-14)26(30)31/h2,5-11,15,20H,1,3-4,12-13H2,(H,23,29)/t20-/m1/s1. The number of non-ortho nitro benzene ring substituents is 2. The van der Waals surface area contributed by atoms with Crippen LogP contribution in [0.1, 0.15) is 42.9 Å². The highest BCUT2D eigenvalue weighted by molar-refractivity contribution is 6.03. The van der Waals surface area contributed by atoms with E-state index in [9.17, 15) is 29.8 Å². The Morgan fingerprint density at radius 3 is 2.33 bits per heavy atom. The maximum absolute atomic E-state index is 13.0. The molecule has 1 N–H and O–H groups in total. The molecule has 0 aromatic heterocycles. The van der Waals surface area contributed by atoms with Crippen LogP contribution in [0.25, 0.3) is 0 Å². The number of carbonyl (C=O) groups excluding carboxylic acids is 2. The summed E-state index contributed by atoms with van der Waals surface area (Å²) in [6.45, 7) is -0.238. The van der Waals surface area contributed by atoms with Crippen molar-refractivity contribution in [3.63, 3.8) is 0 Å². The highest BCUT2D eigenvalue weighted by Gasteiger charge is 2.34. The Balaban J connectivity index is 1.59.